The van der Waals surface area contributed by atoms with Crippen LogP contribution in [0.5, 0.6) is 0 Å². The maximum Gasteiger partial charge on any atom is 0.357 e. The fraction of sp³-hybridized carbons (Fsp3) is 0.333. The third-order valence-corrected chi connectivity index (χ3v) is 3.61. The predicted octanol–water partition coefficient (Wildman–Crippen LogP) is 3.03. The number of halogens is 3. The minimum absolute atomic E-state index is 0.480. The molecule has 19 heavy (non-hydrogen) atoms. The van der Waals surface area contributed by atoms with Crippen LogP contribution in [0.25, 0.3) is 5.69 Å². The summed E-state index contributed by atoms with van der Waals surface area (Å²) in [6.45, 7) is 1.92. The third kappa shape index (κ3) is 2.53. The van der Waals surface area contributed by atoms with E-state index >= 15 is 0 Å². The van der Waals surface area contributed by atoms with Gasteiger partial charge in [-0.3, -0.25) is 0 Å². The van der Waals surface area contributed by atoms with E-state index in [-0.39, 0.29) is 0 Å². The zero-order valence-electron chi connectivity index (χ0n) is 11.1. The van der Waals surface area contributed by atoms with Gasteiger partial charge in [0.05, 0.1) is 10.0 Å². The molecule has 0 radical (unpaired) electrons. The molecular weight excluding hydrogens is 307 g/mol. The number of hydrogen-bond acceptors (Lipinski definition) is 2. The predicted molar refractivity (Wildman–Crippen MR) is 78.8 cm³/mol. The van der Waals surface area contributed by atoms with Crippen molar-refractivity contribution >= 4 is 40.8 Å². The van der Waals surface area contributed by atoms with Crippen LogP contribution in [-0.2, 0) is 7.05 Å². The summed E-state index contributed by atoms with van der Waals surface area (Å²) in [5.41, 5.74) is 0.666. The number of anilines is 1. The fourth-order valence-corrected chi connectivity index (χ4v) is 2.80. The lowest BCUT2D eigenvalue weighted by Gasteiger charge is -2.12. The molecule has 0 aliphatic heterocycles. The van der Waals surface area contributed by atoms with Crippen molar-refractivity contribution < 1.29 is 4.68 Å². The summed E-state index contributed by atoms with van der Waals surface area (Å²) >= 11 is 18.5. The second-order valence-electron chi connectivity index (χ2n) is 4.41. The van der Waals surface area contributed by atoms with Gasteiger partial charge in [-0.1, -0.05) is 34.8 Å². The Labute approximate surface area is 127 Å². The molecule has 7 heteroatoms. The maximum atomic E-state index is 6.28. The summed E-state index contributed by atoms with van der Waals surface area (Å²) in [6.07, 6.45) is 0. The average Bonchev–Trinajstić information content (AvgIpc) is 2.56. The van der Waals surface area contributed by atoms with Crippen molar-refractivity contribution in [3.05, 3.63) is 33.0 Å². The van der Waals surface area contributed by atoms with Crippen LogP contribution >= 0.6 is 34.8 Å². The molecule has 1 heterocycles. The smallest absolute Gasteiger partial charge is 0.324 e. The molecule has 0 fully saturated rings. The van der Waals surface area contributed by atoms with Crippen LogP contribution in [0.1, 0.15) is 5.82 Å². The lowest BCUT2D eigenvalue weighted by molar-refractivity contribution is -0.749. The Kier molecular flexibility index (Phi) is 3.95. The third-order valence-electron chi connectivity index (χ3n) is 2.81. The van der Waals surface area contributed by atoms with Gasteiger partial charge in [0.25, 0.3) is 0 Å². The van der Waals surface area contributed by atoms with E-state index in [2.05, 4.69) is 4.98 Å². The van der Waals surface area contributed by atoms with Gasteiger partial charge in [-0.2, -0.15) is 4.68 Å². The highest BCUT2D eigenvalue weighted by atomic mass is 35.5. The Morgan fingerprint density at radius 2 is 1.68 bits per heavy atom. The van der Waals surface area contributed by atoms with Crippen LogP contribution in [0.4, 0.5) is 5.95 Å². The van der Waals surface area contributed by atoms with Crippen molar-refractivity contribution in [1.29, 1.82) is 0 Å². The van der Waals surface area contributed by atoms with Gasteiger partial charge in [-0.15, -0.1) is 4.68 Å². The minimum Gasteiger partial charge on any atom is -0.324 e. The lowest BCUT2D eigenvalue weighted by atomic mass is 10.3. The van der Waals surface area contributed by atoms with Crippen LogP contribution in [-0.4, -0.2) is 23.8 Å². The van der Waals surface area contributed by atoms with E-state index in [0.29, 0.717) is 20.8 Å². The van der Waals surface area contributed by atoms with Crippen molar-refractivity contribution in [3.63, 3.8) is 0 Å². The summed E-state index contributed by atoms with van der Waals surface area (Å²) < 4.78 is 3.74. The molecule has 2 rings (SSSR count). The summed E-state index contributed by atoms with van der Waals surface area (Å²) in [5, 5.41) is 1.46. The molecule has 4 nitrogen and oxygen atoms in total. The highest BCUT2D eigenvalue weighted by Gasteiger charge is 2.26. The summed E-state index contributed by atoms with van der Waals surface area (Å²) in [4.78, 5) is 6.39. The van der Waals surface area contributed by atoms with E-state index in [1.54, 1.807) is 12.1 Å². The molecule has 2 aromatic rings. The zero-order valence-corrected chi connectivity index (χ0v) is 13.3. The first-order chi connectivity index (χ1) is 8.82. The highest BCUT2D eigenvalue weighted by molar-refractivity contribution is 6.40. The SMILES string of the molecule is Cc1nc(N(C)C)n(-c2c(Cl)cc(Cl)cc2Cl)[n+]1C. The first-order valence-electron chi connectivity index (χ1n) is 5.60. The van der Waals surface area contributed by atoms with Crippen molar-refractivity contribution in [2.24, 2.45) is 7.05 Å². The summed E-state index contributed by atoms with van der Waals surface area (Å²) in [7, 11) is 5.72. The molecule has 0 spiro atoms. The van der Waals surface area contributed by atoms with Crippen molar-refractivity contribution in [2.75, 3.05) is 19.0 Å². The molecule has 1 aromatic carbocycles. The van der Waals surface area contributed by atoms with Gasteiger partial charge in [-0.05, 0) is 17.1 Å². The van der Waals surface area contributed by atoms with E-state index in [1.165, 1.54) is 0 Å². The van der Waals surface area contributed by atoms with Gasteiger partial charge in [0.15, 0.2) is 0 Å². The number of aromatic nitrogens is 3. The van der Waals surface area contributed by atoms with Crippen LogP contribution in [0.3, 0.4) is 0 Å². The standard InChI is InChI=1S/C12H14Cl3N4/c1-7-16-12(17(2)3)19(18(7)4)11-9(14)5-8(13)6-10(11)15/h5-6H,1-4H3/q+1. The minimum atomic E-state index is 0.480. The molecule has 0 atom stereocenters. The van der Waals surface area contributed by atoms with E-state index in [4.69, 9.17) is 34.8 Å². The maximum absolute atomic E-state index is 6.28. The monoisotopic (exact) mass is 319 g/mol. The van der Waals surface area contributed by atoms with Crippen molar-refractivity contribution in [3.8, 4) is 5.69 Å². The number of hydrogen-bond donors (Lipinski definition) is 0. The van der Waals surface area contributed by atoms with Gasteiger partial charge in [0, 0.05) is 26.0 Å². The Balaban J connectivity index is 2.79. The van der Waals surface area contributed by atoms with Gasteiger partial charge in [0.1, 0.15) is 12.7 Å². The number of benzene rings is 1. The molecule has 0 saturated carbocycles. The molecule has 0 amide bonds. The summed E-state index contributed by atoms with van der Waals surface area (Å²) in [5.74, 6) is 1.59. The molecule has 0 aliphatic rings. The van der Waals surface area contributed by atoms with E-state index in [1.807, 2.05) is 42.3 Å². The van der Waals surface area contributed by atoms with E-state index < -0.39 is 0 Å². The molecule has 102 valence electrons. The molecule has 0 N–H and O–H groups in total. The topological polar surface area (TPSA) is 24.9 Å². The molecule has 0 aliphatic carbocycles. The largest absolute Gasteiger partial charge is 0.357 e. The van der Waals surface area contributed by atoms with Crippen molar-refractivity contribution in [1.82, 2.24) is 9.67 Å². The fourth-order valence-electron chi connectivity index (χ4n) is 1.82. The van der Waals surface area contributed by atoms with Crippen molar-refractivity contribution in [2.45, 2.75) is 6.92 Å². The molecule has 0 bridgehead atoms. The van der Waals surface area contributed by atoms with Gasteiger partial charge < -0.3 is 4.90 Å². The molecular formula is C12H14Cl3N4+. The lowest BCUT2D eigenvalue weighted by Crippen LogP contribution is -2.41. The Morgan fingerprint density at radius 1 is 1.16 bits per heavy atom. The van der Waals surface area contributed by atoms with Gasteiger partial charge in [-0.25, -0.2) is 0 Å². The Hall–Kier alpha value is -0.970. The second kappa shape index (κ2) is 5.19. The van der Waals surface area contributed by atoms with Crippen LogP contribution in [0, 0.1) is 6.92 Å². The van der Waals surface area contributed by atoms with Gasteiger partial charge >= 0.3 is 11.8 Å². The summed E-state index contributed by atoms with van der Waals surface area (Å²) in [6, 6.07) is 3.33. The van der Waals surface area contributed by atoms with E-state index in [9.17, 15) is 0 Å². The zero-order chi connectivity index (χ0) is 14.3. The highest BCUT2D eigenvalue weighted by Crippen LogP contribution is 2.33. The first kappa shape index (κ1) is 14.4. The Bertz CT molecular complexity index is 611. The first-order valence-corrected chi connectivity index (χ1v) is 6.74. The quantitative estimate of drug-likeness (QED) is 0.795. The van der Waals surface area contributed by atoms with Gasteiger partial charge in [0.2, 0.25) is 0 Å². The van der Waals surface area contributed by atoms with E-state index in [0.717, 1.165) is 11.8 Å². The number of aryl methyl sites for hydroxylation is 1. The molecule has 1 aromatic heterocycles. The average molecular weight is 321 g/mol. The number of rotatable bonds is 2. The molecule has 0 unspecified atom stereocenters. The second-order valence-corrected chi connectivity index (χ2v) is 5.66. The van der Waals surface area contributed by atoms with Crippen LogP contribution < -0.4 is 9.58 Å². The molecule has 0 saturated heterocycles. The number of nitrogens with zero attached hydrogens (tertiary/aromatic N) is 4. The Morgan fingerprint density at radius 3 is 2.16 bits per heavy atom. The van der Waals surface area contributed by atoms with Crippen LogP contribution in [0.15, 0.2) is 12.1 Å². The normalized spacial score (nSPS) is 10.9. The van der Waals surface area contributed by atoms with Crippen LogP contribution in [0.2, 0.25) is 15.1 Å².